The Morgan fingerprint density at radius 2 is 1.71 bits per heavy atom. The van der Waals surface area contributed by atoms with Gasteiger partial charge in [-0.3, -0.25) is 9.59 Å². The molecule has 1 aliphatic heterocycles. The Labute approximate surface area is 180 Å². The number of benzene rings is 2. The molecule has 2 heterocycles. The lowest BCUT2D eigenvalue weighted by Crippen LogP contribution is -2.23. The van der Waals surface area contributed by atoms with Crippen molar-refractivity contribution >= 4 is 23.3 Å². The largest absolute Gasteiger partial charge is 0.454 e. The number of anilines is 1. The zero-order valence-electron chi connectivity index (χ0n) is 17.5. The van der Waals surface area contributed by atoms with Gasteiger partial charge < -0.3 is 9.64 Å². The number of aromatic nitrogens is 2. The van der Waals surface area contributed by atoms with E-state index in [9.17, 15) is 14.4 Å². The number of nitrogens with zero attached hydrogens (tertiary/aromatic N) is 3. The zero-order valence-corrected chi connectivity index (χ0v) is 17.5. The van der Waals surface area contributed by atoms with Gasteiger partial charge in [-0.15, -0.1) is 0 Å². The summed E-state index contributed by atoms with van der Waals surface area (Å²) >= 11 is 0. The Morgan fingerprint density at radius 3 is 2.35 bits per heavy atom. The first-order valence-electron chi connectivity index (χ1n) is 10.2. The van der Waals surface area contributed by atoms with E-state index in [0.29, 0.717) is 35.5 Å². The van der Waals surface area contributed by atoms with Gasteiger partial charge in [-0.05, 0) is 56.7 Å². The second-order valence-electron chi connectivity index (χ2n) is 7.49. The van der Waals surface area contributed by atoms with E-state index in [4.69, 9.17) is 4.74 Å². The molecule has 1 amide bonds. The van der Waals surface area contributed by atoms with Gasteiger partial charge in [-0.1, -0.05) is 18.2 Å². The van der Waals surface area contributed by atoms with Crippen LogP contribution in [0.3, 0.4) is 0 Å². The lowest BCUT2D eigenvalue weighted by Gasteiger charge is -2.15. The van der Waals surface area contributed by atoms with Gasteiger partial charge in [-0.2, -0.15) is 5.10 Å². The van der Waals surface area contributed by atoms with Gasteiger partial charge in [0.25, 0.3) is 0 Å². The van der Waals surface area contributed by atoms with Crippen LogP contribution in [-0.4, -0.2) is 40.6 Å². The number of carbonyl (C=O) groups is 3. The highest BCUT2D eigenvalue weighted by Crippen LogP contribution is 2.22. The minimum Gasteiger partial charge on any atom is -0.454 e. The van der Waals surface area contributed by atoms with Crippen LogP contribution < -0.4 is 4.90 Å². The molecule has 0 N–H and O–H groups in total. The molecule has 7 heteroatoms. The average molecular weight is 417 g/mol. The first-order valence-corrected chi connectivity index (χ1v) is 10.2. The monoisotopic (exact) mass is 417 g/mol. The van der Waals surface area contributed by atoms with Gasteiger partial charge in [0, 0.05) is 24.2 Å². The molecule has 0 radical (unpaired) electrons. The number of carbonyl (C=O) groups excluding carboxylic acids is 3. The molecular formula is C24H23N3O4. The lowest BCUT2D eigenvalue weighted by atomic mass is 10.1. The maximum Gasteiger partial charge on any atom is 0.342 e. The van der Waals surface area contributed by atoms with Crippen molar-refractivity contribution in [3.8, 4) is 5.69 Å². The van der Waals surface area contributed by atoms with Crippen LogP contribution in [0.1, 0.15) is 44.9 Å². The summed E-state index contributed by atoms with van der Waals surface area (Å²) in [4.78, 5) is 38.7. The molecule has 7 nitrogen and oxygen atoms in total. The molecule has 31 heavy (non-hydrogen) atoms. The Balaban J connectivity index is 1.42. The van der Waals surface area contributed by atoms with Gasteiger partial charge in [0.2, 0.25) is 5.91 Å². The van der Waals surface area contributed by atoms with Gasteiger partial charge in [-0.25, -0.2) is 9.48 Å². The Hall–Kier alpha value is -3.74. The van der Waals surface area contributed by atoms with Crippen molar-refractivity contribution in [3.63, 3.8) is 0 Å². The first-order chi connectivity index (χ1) is 15.0. The molecule has 0 spiro atoms. The number of amides is 1. The Kier molecular flexibility index (Phi) is 5.66. The van der Waals surface area contributed by atoms with E-state index in [1.54, 1.807) is 47.7 Å². The fourth-order valence-electron chi connectivity index (χ4n) is 3.79. The number of Topliss-reactive ketones (excluding diaryl/α,β-unsaturated/α-hetero) is 1. The van der Waals surface area contributed by atoms with Crippen LogP contribution in [0.2, 0.25) is 0 Å². The zero-order chi connectivity index (χ0) is 22.0. The van der Waals surface area contributed by atoms with Gasteiger partial charge >= 0.3 is 5.97 Å². The molecule has 0 unspecified atom stereocenters. The van der Waals surface area contributed by atoms with Gasteiger partial charge in [0.05, 0.1) is 17.1 Å². The van der Waals surface area contributed by atoms with Gasteiger partial charge in [0.1, 0.15) is 5.56 Å². The molecule has 0 saturated carbocycles. The predicted octanol–water partition coefficient (Wildman–Crippen LogP) is 3.66. The summed E-state index contributed by atoms with van der Waals surface area (Å²) in [6, 6.07) is 16.3. The fourth-order valence-corrected chi connectivity index (χ4v) is 3.79. The van der Waals surface area contributed by atoms with Crippen molar-refractivity contribution in [2.24, 2.45) is 0 Å². The maximum atomic E-state index is 12.7. The van der Waals surface area contributed by atoms with E-state index < -0.39 is 5.97 Å². The Morgan fingerprint density at radius 1 is 1.00 bits per heavy atom. The molecule has 1 aliphatic rings. The minimum atomic E-state index is -0.579. The number of rotatable bonds is 6. The highest BCUT2D eigenvalue weighted by molar-refractivity contribution is 6.01. The van der Waals surface area contributed by atoms with Crippen molar-refractivity contribution < 1.29 is 19.1 Å². The van der Waals surface area contributed by atoms with E-state index in [1.165, 1.54) is 0 Å². The van der Waals surface area contributed by atoms with Crippen LogP contribution in [0.15, 0.2) is 54.6 Å². The molecule has 0 bridgehead atoms. The SMILES string of the molecule is Cc1nn(-c2ccccc2)c(C)c1C(=O)OCC(=O)c1ccc(N2CCCC2=O)cc1. The van der Waals surface area contributed by atoms with E-state index in [-0.39, 0.29) is 18.3 Å². The molecular weight excluding hydrogens is 394 g/mol. The maximum absolute atomic E-state index is 12.7. The number of aryl methyl sites for hydroxylation is 1. The number of hydrogen-bond acceptors (Lipinski definition) is 5. The van der Waals surface area contributed by atoms with Crippen molar-refractivity contribution in [1.29, 1.82) is 0 Å². The van der Waals surface area contributed by atoms with Crippen molar-refractivity contribution in [2.75, 3.05) is 18.1 Å². The highest BCUT2D eigenvalue weighted by Gasteiger charge is 2.23. The highest BCUT2D eigenvalue weighted by atomic mass is 16.5. The van der Waals surface area contributed by atoms with E-state index in [2.05, 4.69) is 5.10 Å². The minimum absolute atomic E-state index is 0.0924. The van der Waals surface area contributed by atoms with Crippen LogP contribution in [0.5, 0.6) is 0 Å². The molecule has 4 rings (SSSR count). The second kappa shape index (κ2) is 8.55. The molecule has 0 atom stereocenters. The van der Waals surface area contributed by atoms with Crippen molar-refractivity contribution in [3.05, 3.63) is 77.1 Å². The standard InChI is InChI=1S/C24H23N3O4/c1-16-23(17(2)27(25-16)20-7-4-3-5-8-20)24(30)31-15-21(28)18-10-12-19(13-11-18)26-14-6-9-22(26)29/h3-5,7-8,10-13H,6,9,14-15H2,1-2H3. The van der Waals surface area contributed by atoms with E-state index >= 15 is 0 Å². The lowest BCUT2D eigenvalue weighted by molar-refractivity contribution is -0.117. The van der Waals surface area contributed by atoms with E-state index in [1.807, 2.05) is 30.3 Å². The summed E-state index contributed by atoms with van der Waals surface area (Å²) in [7, 11) is 0. The van der Waals surface area contributed by atoms with Crippen LogP contribution in [-0.2, 0) is 9.53 Å². The normalized spacial score (nSPS) is 13.5. The third-order valence-electron chi connectivity index (χ3n) is 5.40. The quantitative estimate of drug-likeness (QED) is 0.452. The number of para-hydroxylation sites is 1. The molecule has 1 fully saturated rings. The molecule has 2 aromatic carbocycles. The molecule has 158 valence electrons. The number of hydrogen-bond donors (Lipinski definition) is 0. The molecule has 3 aromatic rings. The molecule has 1 aromatic heterocycles. The number of ketones is 1. The van der Waals surface area contributed by atoms with Crippen LogP contribution in [0.4, 0.5) is 5.69 Å². The van der Waals surface area contributed by atoms with Crippen molar-refractivity contribution in [1.82, 2.24) is 9.78 Å². The second-order valence-corrected chi connectivity index (χ2v) is 7.49. The molecule has 1 saturated heterocycles. The smallest absolute Gasteiger partial charge is 0.342 e. The number of esters is 1. The summed E-state index contributed by atoms with van der Waals surface area (Å²) in [6.45, 7) is 3.86. The topological polar surface area (TPSA) is 81.5 Å². The summed E-state index contributed by atoms with van der Waals surface area (Å²) in [6.07, 6.45) is 1.39. The first kappa shape index (κ1) is 20.5. The predicted molar refractivity (Wildman–Crippen MR) is 116 cm³/mol. The van der Waals surface area contributed by atoms with Crippen LogP contribution in [0.25, 0.3) is 5.69 Å². The third kappa shape index (κ3) is 4.12. The number of ether oxygens (including phenoxy) is 1. The molecule has 0 aliphatic carbocycles. The van der Waals surface area contributed by atoms with Crippen LogP contribution >= 0.6 is 0 Å². The summed E-state index contributed by atoms with van der Waals surface area (Å²) in [5, 5.41) is 4.44. The third-order valence-corrected chi connectivity index (χ3v) is 5.40. The average Bonchev–Trinajstić information content (AvgIpc) is 3.34. The summed E-state index contributed by atoms with van der Waals surface area (Å²) in [5.74, 6) is -0.794. The van der Waals surface area contributed by atoms with E-state index in [0.717, 1.165) is 17.8 Å². The van der Waals surface area contributed by atoms with Gasteiger partial charge in [0.15, 0.2) is 12.4 Å². The fraction of sp³-hybridized carbons (Fsp3) is 0.250. The Bertz CT molecular complexity index is 1130. The summed E-state index contributed by atoms with van der Waals surface area (Å²) in [5.41, 5.74) is 3.60. The van der Waals surface area contributed by atoms with Crippen LogP contribution in [0, 0.1) is 13.8 Å². The summed E-state index contributed by atoms with van der Waals surface area (Å²) < 4.78 is 6.98. The van der Waals surface area contributed by atoms with Crippen molar-refractivity contribution in [2.45, 2.75) is 26.7 Å².